The van der Waals surface area contributed by atoms with Gasteiger partial charge in [0.25, 0.3) is 11.8 Å². The highest BCUT2D eigenvalue weighted by molar-refractivity contribution is 5.95. The van der Waals surface area contributed by atoms with Gasteiger partial charge in [-0.05, 0) is 67.6 Å². The quantitative estimate of drug-likeness (QED) is 0.628. The summed E-state index contributed by atoms with van der Waals surface area (Å²) in [5.41, 5.74) is 6.41. The summed E-state index contributed by atoms with van der Waals surface area (Å²) in [5.74, 6) is 1.04. The fourth-order valence-electron chi connectivity index (χ4n) is 2.47. The minimum atomic E-state index is -0.750. The van der Waals surface area contributed by atoms with Gasteiger partial charge in [0.05, 0.1) is 6.61 Å². The van der Waals surface area contributed by atoms with Crippen LogP contribution in [0.2, 0.25) is 0 Å². The lowest BCUT2D eigenvalue weighted by molar-refractivity contribution is -0.128. The molecule has 0 saturated carbocycles. The predicted molar refractivity (Wildman–Crippen MR) is 113 cm³/mol. The number of hydrogen-bond donors (Lipinski definition) is 2. The first-order valence-electron chi connectivity index (χ1n) is 9.97. The summed E-state index contributed by atoms with van der Waals surface area (Å²) in [7, 11) is 0. The number of carbonyl (C=O) groups is 2. The maximum atomic E-state index is 12.2. The average molecular weight is 399 g/mol. The van der Waals surface area contributed by atoms with Crippen LogP contribution in [0.15, 0.2) is 48.5 Å². The molecule has 156 valence electrons. The maximum absolute atomic E-state index is 12.2. The van der Waals surface area contributed by atoms with Gasteiger partial charge in [0.1, 0.15) is 11.5 Å². The number of hydrazine groups is 1. The molecule has 1 atom stereocenters. The zero-order valence-electron chi connectivity index (χ0n) is 17.5. The summed E-state index contributed by atoms with van der Waals surface area (Å²) < 4.78 is 11.2. The molecule has 0 saturated heterocycles. The number of benzene rings is 2. The lowest BCUT2D eigenvalue weighted by Crippen LogP contribution is -2.47. The molecule has 0 bridgehead atoms. The normalized spacial score (nSPS) is 11.6. The molecule has 0 aromatic heterocycles. The van der Waals surface area contributed by atoms with Gasteiger partial charge in [-0.3, -0.25) is 20.4 Å². The summed E-state index contributed by atoms with van der Waals surface area (Å²) in [6.07, 6.45) is 1.16. The van der Waals surface area contributed by atoms with Crippen molar-refractivity contribution >= 4 is 11.8 Å². The van der Waals surface area contributed by atoms with Crippen molar-refractivity contribution in [2.45, 2.75) is 46.6 Å². The Morgan fingerprint density at radius 3 is 2.10 bits per heavy atom. The molecular formula is C23H30N2O4. The van der Waals surface area contributed by atoms with Crippen LogP contribution in [0, 0.1) is 5.92 Å². The monoisotopic (exact) mass is 398 g/mol. The highest BCUT2D eigenvalue weighted by Crippen LogP contribution is 2.15. The van der Waals surface area contributed by atoms with Crippen LogP contribution in [0.4, 0.5) is 0 Å². The summed E-state index contributed by atoms with van der Waals surface area (Å²) in [4.78, 5) is 24.4. The zero-order valence-corrected chi connectivity index (χ0v) is 17.5. The smallest absolute Gasteiger partial charge is 0.279 e. The van der Waals surface area contributed by atoms with Gasteiger partial charge in [0, 0.05) is 5.56 Å². The number of nitrogens with one attached hydrogen (secondary N) is 2. The lowest BCUT2D eigenvalue weighted by atomic mass is 10.1. The van der Waals surface area contributed by atoms with E-state index < -0.39 is 17.9 Å². The third-order valence-corrected chi connectivity index (χ3v) is 4.39. The van der Waals surface area contributed by atoms with Crippen LogP contribution in [0.5, 0.6) is 11.5 Å². The Morgan fingerprint density at radius 1 is 0.897 bits per heavy atom. The molecule has 2 aromatic carbocycles. The first kappa shape index (κ1) is 22.3. The summed E-state index contributed by atoms with van der Waals surface area (Å²) in [6, 6.07) is 14.3. The summed E-state index contributed by atoms with van der Waals surface area (Å²) in [5, 5.41) is 0. The summed E-state index contributed by atoms with van der Waals surface area (Å²) >= 11 is 0. The van der Waals surface area contributed by atoms with E-state index in [9.17, 15) is 9.59 Å². The molecule has 2 rings (SSSR count). The Labute approximate surface area is 172 Å². The molecule has 0 fully saturated rings. The SMILES string of the molecule is CCc1ccc(O[C@@H](C)C(=O)NNC(=O)c2ccc(OCCC(C)C)cc2)cc1. The Balaban J connectivity index is 1.78. The van der Waals surface area contributed by atoms with Crippen molar-refractivity contribution in [2.75, 3.05) is 6.61 Å². The van der Waals surface area contributed by atoms with Gasteiger partial charge in [0.15, 0.2) is 6.10 Å². The molecule has 0 aliphatic rings. The second kappa shape index (κ2) is 11.1. The van der Waals surface area contributed by atoms with Gasteiger partial charge >= 0.3 is 0 Å². The van der Waals surface area contributed by atoms with Crippen molar-refractivity contribution in [1.29, 1.82) is 0 Å². The van der Waals surface area contributed by atoms with Crippen molar-refractivity contribution in [2.24, 2.45) is 5.92 Å². The molecule has 0 radical (unpaired) electrons. The van der Waals surface area contributed by atoms with E-state index in [4.69, 9.17) is 9.47 Å². The topological polar surface area (TPSA) is 76.7 Å². The summed E-state index contributed by atoms with van der Waals surface area (Å²) in [6.45, 7) is 8.61. The van der Waals surface area contributed by atoms with Gasteiger partial charge in [0.2, 0.25) is 0 Å². The number of aryl methyl sites for hydroxylation is 1. The standard InChI is InChI=1S/C23H30N2O4/c1-5-18-6-10-21(11-7-18)29-17(4)22(26)24-25-23(27)19-8-12-20(13-9-19)28-15-14-16(2)3/h6-13,16-17H,5,14-15H2,1-4H3,(H,24,26)(H,25,27)/t17-/m0/s1. The second-order valence-electron chi connectivity index (χ2n) is 7.26. The molecule has 0 aliphatic heterocycles. The number of amides is 2. The van der Waals surface area contributed by atoms with Crippen LogP contribution < -0.4 is 20.3 Å². The highest BCUT2D eigenvalue weighted by Gasteiger charge is 2.16. The van der Waals surface area contributed by atoms with Crippen molar-refractivity contribution in [3.05, 3.63) is 59.7 Å². The van der Waals surface area contributed by atoms with Gasteiger partial charge in [-0.15, -0.1) is 0 Å². The second-order valence-corrected chi connectivity index (χ2v) is 7.26. The van der Waals surface area contributed by atoms with Crippen LogP contribution in [0.1, 0.15) is 50.0 Å². The average Bonchev–Trinajstić information content (AvgIpc) is 2.72. The van der Waals surface area contributed by atoms with Gasteiger partial charge < -0.3 is 9.47 Å². The number of rotatable bonds is 9. The molecule has 6 heteroatoms. The Bertz CT molecular complexity index is 786. The lowest BCUT2D eigenvalue weighted by Gasteiger charge is -2.15. The van der Waals surface area contributed by atoms with Gasteiger partial charge in [-0.25, -0.2) is 0 Å². The fraction of sp³-hybridized carbons (Fsp3) is 0.391. The molecule has 2 aromatic rings. The molecular weight excluding hydrogens is 368 g/mol. The molecule has 2 amide bonds. The van der Waals surface area contributed by atoms with Crippen LogP contribution in [0.3, 0.4) is 0 Å². The molecule has 0 unspecified atom stereocenters. The van der Waals surface area contributed by atoms with Crippen LogP contribution >= 0.6 is 0 Å². The Kier molecular flexibility index (Phi) is 8.52. The van der Waals surface area contributed by atoms with E-state index in [1.165, 1.54) is 5.56 Å². The van der Waals surface area contributed by atoms with E-state index in [0.29, 0.717) is 29.6 Å². The van der Waals surface area contributed by atoms with Crippen molar-refractivity contribution in [3.8, 4) is 11.5 Å². The van der Waals surface area contributed by atoms with E-state index in [1.54, 1.807) is 31.2 Å². The van der Waals surface area contributed by atoms with Gasteiger partial charge in [-0.1, -0.05) is 32.9 Å². The number of ether oxygens (including phenoxy) is 2. The van der Waals surface area contributed by atoms with Crippen molar-refractivity contribution in [3.63, 3.8) is 0 Å². The predicted octanol–water partition coefficient (Wildman–Crippen LogP) is 3.90. The molecule has 0 spiro atoms. The number of hydrogen-bond acceptors (Lipinski definition) is 4. The third kappa shape index (κ3) is 7.49. The van der Waals surface area contributed by atoms with Gasteiger partial charge in [-0.2, -0.15) is 0 Å². The molecule has 6 nitrogen and oxygen atoms in total. The zero-order chi connectivity index (χ0) is 21.2. The minimum absolute atomic E-state index is 0.411. The maximum Gasteiger partial charge on any atom is 0.279 e. The molecule has 0 heterocycles. The first-order chi connectivity index (χ1) is 13.9. The van der Waals surface area contributed by atoms with E-state index in [1.807, 2.05) is 24.3 Å². The molecule has 0 aliphatic carbocycles. The molecule has 29 heavy (non-hydrogen) atoms. The Hall–Kier alpha value is -3.02. The van der Waals surface area contributed by atoms with Crippen LogP contribution in [-0.4, -0.2) is 24.5 Å². The Morgan fingerprint density at radius 2 is 1.52 bits per heavy atom. The fourth-order valence-corrected chi connectivity index (χ4v) is 2.47. The number of carbonyl (C=O) groups excluding carboxylic acids is 2. The van der Waals surface area contributed by atoms with Crippen LogP contribution in [0.25, 0.3) is 0 Å². The third-order valence-electron chi connectivity index (χ3n) is 4.39. The minimum Gasteiger partial charge on any atom is -0.494 e. The van der Waals surface area contributed by atoms with E-state index >= 15 is 0 Å². The van der Waals surface area contributed by atoms with Crippen molar-refractivity contribution in [1.82, 2.24) is 10.9 Å². The van der Waals surface area contributed by atoms with Crippen LogP contribution in [-0.2, 0) is 11.2 Å². The first-order valence-corrected chi connectivity index (χ1v) is 9.97. The highest BCUT2D eigenvalue weighted by atomic mass is 16.5. The molecule has 2 N–H and O–H groups in total. The van der Waals surface area contributed by atoms with Crippen molar-refractivity contribution < 1.29 is 19.1 Å². The van der Waals surface area contributed by atoms with E-state index in [2.05, 4.69) is 31.6 Å². The van der Waals surface area contributed by atoms with E-state index in [-0.39, 0.29) is 0 Å². The largest absolute Gasteiger partial charge is 0.494 e. The van der Waals surface area contributed by atoms with E-state index in [0.717, 1.165) is 12.8 Å².